The molecule has 0 bridgehead atoms. The second kappa shape index (κ2) is 10.8. The van der Waals surface area contributed by atoms with Crippen LogP contribution in [0.1, 0.15) is 34.8 Å². The normalized spacial score (nSPS) is 17.2. The van der Waals surface area contributed by atoms with Gasteiger partial charge in [-0.25, -0.2) is 4.68 Å². The molecule has 1 fully saturated rings. The van der Waals surface area contributed by atoms with Crippen LogP contribution in [0.3, 0.4) is 0 Å². The molecule has 2 atom stereocenters. The molecule has 1 aliphatic rings. The fraction of sp³-hybridized carbons (Fsp3) is 0.242. The minimum absolute atomic E-state index is 0.237. The maximum absolute atomic E-state index is 13.7. The Balaban J connectivity index is 1.24. The van der Waals surface area contributed by atoms with Crippen molar-refractivity contribution in [3.8, 4) is 16.9 Å². The summed E-state index contributed by atoms with van der Waals surface area (Å²) in [6, 6.07) is 31.5. The van der Waals surface area contributed by atoms with E-state index in [4.69, 9.17) is 5.10 Å². The third-order valence-electron chi connectivity index (χ3n) is 7.76. The van der Waals surface area contributed by atoms with Crippen LogP contribution in [0.2, 0.25) is 0 Å². The smallest absolute Gasteiger partial charge is 0.139 e. The van der Waals surface area contributed by atoms with Gasteiger partial charge in [-0.2, -0.15) is 10.2 Å². The van der Waals surface area contributed by atoms with Gasteiger partial charge in [0.25, 0.3) is 0 Å². The quantitative estimate of drug-likeness (QED) is 0.243. The van der Waals surface area contributed by atoms with Crippen molar-refractivity contribution in [1.82, 2.24) is 24.5 Å². The highest BCUT2D eigenvalue weighted by Crippen LogP contribution is 2.42. The highest BCUT2D eigenvalue weighted by Gasteiger charge is 2.40. The van der Waals surface area contributed by atoms with E-state index in [9.17, 15) is 4.79 Å². The van der Waals surface area contributed by atoms with Crippen molar-refractivity contribution < 1.29 is 4.79 Å². The molecule has 6 heteroatoms. The van der Waals surface area contributed by atoms with E-state index in [1.807, 2.05) is 54.5 Å². The van der Waals surface area contributed by atoms with Crippen molar-refractivity contribution in [2.24, 2.45) is 13.0 Å². The first-order chi connectivity index (χ1) is 19.1. The van der Waals surface area contributed by atoms with E-state index in [-0.39, 0.29) is 17.7 Å². The lowest BCUT2D eigenvalue weighted by Crippen LogP contribution is -2.49. The molecule has 1 aliphatic heterocycles. The Morgan fingerprint density at radius 2 is 1.59 bits per heavy atom. The summed E-state index contributed by atoms with van der Waals surface area (Å²) in [4.78, 5) is 16.2. The Hall–Kier alpha value is -4.29. The summed E-state index contributed by atoms with van der Waals surface area (Å²) in [5.41, 5.74) is 7.34. The topological polar surface area (TPSA) is 56.0 Å². The van der Waals surface area contributed by atoms with E-state index in [1.165, 1.54) is 11.1 Å². The first-order valence-electron chi connectivity index (χ1n) is 13.5. The number of aromatic nitrogens is 4. The van der Waals surface area contributed by atoms with Crippen LogP contribution in [0.5, 0.6) is 0 Å². The molecule has 196 valence electrons. The molecular weight excluding hydrogens is 482 g/mol. The second-order valence-corrected chi connectivity index (χ2v) is 10.5. The van der Waals surface area contributed by atoms with E-state index in [0.29, 0.717) is 12.8 Å². The number of ketones is 1. The van der Waals surface area contributed by atoms with Crippen LogP contribution in [-0.2, 0) is 24.8 Å². The van der Waals surface area contributed by atoms with Gasteiger partial charge in [-0.15, -0.1) is 0 Å². The largest absolute Gasteiger partial charge is 0.299 e. The van der Waals surface area contributed by atoms with Crippen LogP contribution >= 0.6 is 0 Å². The number of carbonyl (C=O) groups excluding carboxylic acids is 1. The molecule has 0 radical (unpaired) electrons. The molecule has 0 unspecified atom stereocenters. The lowest BCUT2D eigenvalue weighted by atomic mass is 9.79. The molecule has 0 saturated carbocycles. The van der Waals surface area contributed by atoms with Crippen molar-refractivity contribution in [2.45, 2.75) is 32.4 Å². The van der Waals surface area contributed by atoms with Gasteiger partial charge in [0.15, 0.2) is 0 Å². The van der Waals surface area contributed by atoms with E-state index in [0.717, 1.165) is 41.3 Å². The predicted octanol–water partition coefficient (Wildman–Crippen LogP) is 5.96. The third kappa shape index (κ3) is 5.20. The van der Waals surface area contributed by atoms with Crippen molar-refractivity contribution in [1.29, 1.82) is 0 Å². The minimum Gasteiger partial charge on any atom is -0.299 e. The number of Topliss-reactive ketones (excluding diaryl/α,β-unsaturated/α-hetero) is 1. The highest BCUT2D eigenvalue weighted by molar-refractivity contribution is 5.82. The lowest BCUT2D eigenvalue weighted by molar-refractivity contribution is -0.122. The number of hydrogen-bond donors (Lipinski definition) is 0. The summed E-state index contributed by atoms with van der Waals surface area (Å²) in [5, 5.41) is 9.29. The zero-order chi connectivity index (χ0) is 26.8. The summed E-state index contributed by atoms with van der Waals surface area (Å²) < 4.78 is 3.72. The SMILES string of the molecule is Cc1c(-c2cnn(C)c2)nn(-c2ccccc2)c1CC(=O)C[C@@H]1CN(Cc2ccccc2)[C@H]1c1ccccc1. The van der Waals surface area contributed by atoms with E-state index in [1.54, 1.807) is 4.68 Å². The van der Waals surface area contributed by atoms with Gasteiger partial charge < -0.3 is 0 Å². The standard InChI is InChI=1S/C33H33N5O/c1-24-31(38(29-16-10-5-11-17-29)35-32(24)28-20-34-36(2)22-28)19-30(39)18-27-23-37(21-25-12-6-3-7-13-25)33(27)26-14-8-4-9-15-26/h3-17,20,22,27,33H,18-19,21,23H2,1-2H3/t27-,33+/m1/s1. The Morgan fingerprint density at radius 1 is 0.923 bits per heavy atom. The first kappa shape index (κ1) is 25.0. The van der Waals surface area contributed by atoms with Crippen LogP contribution in [0.4, 0.5) is 0 Å². The van der Waals surface area contributed by atoms with E-state index >= 15 is 0 Å². The van der Waals surface area contributed by atoms with Crippen molar-refractivity contribution in [2.75, 3.05) is 6.54 Å². The zero-order valence-corrected chi connectivity index (χ0v) is 22.4. The Bertz CT molecular complexity index is 1560. The van der Waals surface area contributed by atoms with E-state index in [2.05, 4.69) is 77.6 Å². The molecule has 3 aromatic carbocycles. The molecule has 5 aromatic rings. The van der Waals surface area contributed by atoms with E-state index < -0.39 is 0 Å². The minimum atomic E-state index is 0.237. The summed E-state index contributed by atoms with van der Waals surface area (Å²) in [7, 11) is 1.90. The molecule has 2 aromatic heterocycles. The van der Waals surface area contributed by atoms with Crippen molar-refractivity contribution in [3.05, 3.63) is 126 Å². The van der Waals surface area contributed by atoms with Crippen LogP contribution in [0, 0.1) is 12.8 Å². The second-order valence-electron chi connectivity index (χ2n) is 10.5. The van der Waals surface area contributed by atoms with Gasteiger partial charge in [0.05, 0.1) is 23.3 Å². The number of carbonyl (C=O) groups is 1. The molecular formula is C33H33N5O. The van der Waals surface area contributed by atoms with Crippen molar-refractivity contribution >= 4 is 5.78 Å². The fourth-order valence-corrected chi connectivity index (χ4v) is 5.86. The molecule has 6 nitrogen and oxygen atoms in total. The molecule has 3 heterocycles. The summed E-state index contributed by atoms with van der Waals surface area (Å²) >= 11 is 0. The average Bonchev–Trinajstić information content (AvgIpc) is 3.52. The first-order valence-corrected chi connectivity index (χ1v) is 13.5. The van der Waals surface area contributed by atoms with Crippen LogP contribution < -0.4 is 0 Å². The Labute approximate surface area is 229 Å². The number of rotatable bonds is 9. The average molecular weight is 516 g/mol. The number of nitrogens with zero attached hydrogens (tertiary/aromatic N) is 5. The fourth-order valence-electron chi connectivity index (χ4n) is 5.86. The zero-order valence-electron chi connectivity index (χ0n) is 22.4. The Kier molecular flexibility index (Phi) is 6.95. The maximum atomic E-state index is 13.7. The summed E-state index contributed by atoms with van der Waals surface area (Å²) in [6.07, 6.45) is 4.70. The number of likely N-dealkylation sites (tertiary alicyclic amines) is 1. The third-order valence-corrected chi connectivity index (χ3v) is 7.76. The van der Waals surface area contributed by atoms with Gasteiger partial charge in [0.1, 0.15) is 5.78 Å². The van der Waals surface area contributed by atoms with Gasteiger partial charge >= 0.3 is 0 Å². The van der Waals surface area contributed by atoms with Crippen LogP contribution in [-0.4, -0.2) is 36.8 Å². The van der Waals surface area contributed by atoms with Crippen LogP contribution in [0.25, 0.3) is 16.9 Å². The molecule has 0 aliphatic carbocycles. The number of benzene rings is 3. The van der Waals surface area contributed by atoms with Gasteiger partial charge in [0, 0.05) is 50.8 Å². The molecule has 39 heavy (non-hydrogen) atoms. The molecule has 0 N–H and O–H groups in total. The summed E-state index contributed by atoms with van der Waals surface area (Å²) in [6.45, 7) is 3.87. The van der Waals surface area contributed by atoms with Crippen molar-refractivity contribution in [3.63, 3.8) is 0 Å². The predicted molar refractivity (Wildman–Crippen MR) is 153 cm³/mol. The molecule has 6 rings (SSSR count). The molecule has 0 spiro atoms. The maximum Gasteiger partial charge on any atom is 0.139 e. The Morgan fingerprint density at radius 3 is 2.26 bits per heavy atom. The number of aryl methyl sites for hydroxylation is 1. The van der Waals surface area contributed by atoms with Gasteiger partial charge in [-0.05, 0) is 41.7 Å². The number of hydrogen-bond acceptors (Lipinski definition) is 4. The van der Waals surface area contributed by atoms with Gasteiger partial charge in [-0.3, -0.25) is 14.4 Å². The molecule has 0 amide bonds. The van der Waals surface area contributed by atoms with Crippen LogP contribution in [0.15, 0.2) is 103 Å². The molecule has 1 saturated heterocycles. The summed E-state index contributed by atoms with van der Waals surface area (Å²) in [5.74, 6) is 0.535. The van der Waals surface area contributed by atoms with Gasteiger partial charge in [0.2, 0.25) is 0 Å². The highest BCUT2D eigenvalue weighted by atomic mass is 16.1. The lowest BCUT2D eigenvalue weighted by Gasteiger charge is -2.48. The monoisotopic (exact) mass is 515 g/mol. The number of para-hydroxylation sites is 1. The van der Waals surface area contributed by atoms with Gasteiger partial charge in [-0.1, -0.05) is 78.9 Å².